The van der Waals surface area contributed by atoms with Gasteiger partial charge in [0.2, 0.25) is 0 Å². The van der Waals surface area contributed by atoms with Crippen LogP contribution in [0.3, 0.4) is 0 Å². The zero-order chi connectivity index (χ0) is 15.2. The first-order valence-electron chi connectivity index (χ1n) is 7.80. The van der Waals surface area contributed by atoms with Crippen LogP contribution in [0, 0.1) is 0 Å². The number of ether oxygens (including phenoxy) is 3. The molecule has 1 fully saturated rings. The number of nitrogens with zero attached hydrogens (tertiary/aromatic N) is 1. The van der Waals surface area contributed by atoms with Crippen molar-refractivity contribution in [1.29, 1.82) is 0 Å². The van der Waals surface area contributed by atoms with Gasteiger partial charge in [0.1, 0.15) is 18.1 Å². The second kappa shape index (κ2) is 7.66. The molecule has 1 aromatic carbocycles. The first kappa shape index (κ1) is 16.1. The van der Waals surface area contributed by atoms with Crippen molar-refractivity contribution in [3.8, 4) is 11.5 Å². The topological polar surface area (TPSA) is 30.9 Å². The van der Waals surface area contributed by atoms with E-state index in [1.807, 2.05) is 38.1 Å². The predicted octanol–water partition coefficient (Wildman–Crippen LogP) is 2.96. The largest absolute Gasteiger partial charge is 0.492 e. The predicted molar refractivity (Wildman–Crippen MR) is 84.2 cm³/mol. The van der Waals surface area contributed by atoms with Crippen LogP contribution in [0.25, 0.3) is 0 Å². The molecule has 0 saturated carbocycles. The molecule has 0 unspecified atom stereocenters. The van der Waals surface area contributed by atoms with Crippen LogP contribution in [0.5, 0.6) is 11.5 Å². The Kier molecular flexibility index (Phi) is 5.88. The van der Waals surface area contributed by atoms with Crippen molar-refractivity contribution in [1.82, 2.24) is 4.90 Å². The maximum atomic E-state index is 5.80. The van der Waals surface area contributed by atoms with Crippen molar-refractivity contribution in [3.63, 3.8) is 0 Å². The van der Waals surface area contributed by atoms with Crippen LogP contribution >= 0.6 is 0 Å². The van der Waals surface area contributed by atoms with E-state index in [9.17, 15) is 0 Å². The van der Waals surface area contributed by atoms with Crippen LogP contribution in [-0.4, -0.2) is 49.5 Å². The lowest BCUT2D eigenvalue weighted by Crippen LogP contribution is -2.46. The van der Waals surface area contributed by atoms with E-state index < -0.39 is 0 Å². The van der Waals surface area contributed by atoms with Gasteiger partial charge in [0.25, 0.3) is 0 Å². The smallest absolute Gasteiger partial charge is 0.119 e. The Balaban J connectivity index is 1.73. The molecule has 0 bridgehead atoms. The Labute approximate surface area is 128 Å². The Morgan fingerprint density at radius 3 is 2.24 bits per heavy atom. The maximum absolute atomic E-state index is 5.80. The minimum absolute atomic E-state index is 0.196. The normalized spacial score (nSPS) is 23.3. The number of rotatable bonds is 6. The molecular weight excluding hydrogens is 266 g/mol. The molecule has 1 heterocycles. The van der Waals surface area contributed by atoms with Gasteiger partial charge >= 0.3 is 0 Å². The third-order valence-corrected chi connectivity index (χ3v) is 3.37. The Morgan fingerprint density at radius 1 is 1.10 bits per heavy atom. The van der Waals surface area contributed by atoms with Crippen LogP contribution in [0.1, 0.15) is 27.7 Å². The average molecular weight is 293 g/mol. The monoisotopic (exact) mass is 293 g/mol. The van der Waals surface area contributed by atoms with Gasteiger partial charge < -0.3 is 14.2 Å². The molecule has 2 rings (SSSR count). The van der Waals surface area contributed by atoms with E-state index in [1.165, 1.54) is 0 Å². The van der Waals surface area contributed by atoms with Crippen LogP contribution in [-0.2, 0) is 4.74 Å². The SMILES string of the molecule is CC(C)Oc1ccc(OCCN2C[C@@H](C)O[C@H](C)C2)cc1. The van der Waals surface area contributed by atoms with Crippen molar-refractivity contribution in [2.75, 3.05) is 26.2 Å². The Hall–Kier alpha value is -1.26. The summed E-state index contributed by atoms with van der Waals surface area (Å²) in [5, 5.41) is 0. The van der Waals surface area contributed by atoms with Crippen molar-refractivity contribution in [2.24, 2.45) is 0 Å². The summed E-state index contributed by atoms with van der Waals surface area (Å²) in [5.74, 6) is 1.77. The molecule has 0 spiro atoms. The number of hydrogen-bond acceptors (Lipinski definition) is 4. The molecule has 2 atom stereocenters. The lowest BCUT2D eigenvalue weighted by molar-refractivity contribution is -0.0699. The molecule has 4 heteroatoms. The molecule has 0 N–H and O–H groups in total. The average Bonchev–Trinajstić information content (AvgIpc) is 2.39. The van der Waals surface area contributed by atoms with E-state index in [1.54, 1.807) is 0 Å². The number of hydrogen-bond donors (Lipinski definition) is 0. The van der Waals surface area contributed by atoms with Crippen molar-refractivity contribution >= 4 is 0 Å². The van der Waals surface area contributed by atoms with Gasteiger partial charge in [-0.15, -0.1) is 0 Å². The van der Waals surface area contributed by atoms with E-state index in [4.69, 9.17) is 14.2 Å². The fourth-order valence-electron chi connectivity index (χ4n) is 2.65. The number of benzene rings is 1. The quantitative estimate of drug-likeness (QED) is 0.807. The summed E-state index contributed by atoms with van der Waals surface area (Å²) in [7, 11) is 0. The van der Waals surface area contributed by atoms with Crippen LogP contribution in [0.2, 0.25) is 0 Å². The van der Waals surface area contributed by atoms with Gasteiger partial charge in [-0.3, -0.25) is 4.90 Å². The maximum Gasteiger partial charge on any atom is 0.119 e. The third kappa shape index (κ3) is 5.56. The standard InChI is InChI=1S/C17H27NO3/c1-13(2)20-17-7-5-16(6-8-17)19-10-9-18-11-14(3)21-15(4)12-18/h5-8,13-15H,9-12H2,1-4H3/t14-,15-/m1/s1. The highest BCUT2D eigenvalue weighted by Crippen LogP contribution is 2.18. The fraction of sp³-hybridized carbons (Fsp3) is 0.647. The van der Waals surface area contributed by atoms with Gasteiger partial charge in [-0.05, 0) is 52.0 Å². The Morgan fingerprint density at radius 2 is 1.67 bits per heavy atom. The molecule has 0 radical (unpaired) electrons. The molecule has 1 aromatic rings. The van der Waals surface area contributed by atoms with E-state index in [-0.39, 0.29) is 6.10 Å². The highest BCUT2D eigenvalue weighted by molar-refractivity contribution is 5.31. The fourth-order valence-corrected chi connectivity index (χ4v) is 2.65. The minimum atomic E-state index is 0.196. The van der Waals surface area contributed by atoms with Gasteiger partial charge in [-0.25, -0.2) is 0 Å². The molecule has 0 aromatic heterocycles. The summed E-state index contributed by atoms with van der Waals surface area (Å²) in [6.45, 7) is 11.9. The number of morpholine rings is 1. The summed E-state index contributed by atoms with van der Waals surface area (Å²) in [5.41, 5.74) is 0. The summed E-state index contributed by atoms with van der Waals surface area (Å²) in [6, 6.07) is 7.83. The van der Waals surface area contributed by atoms with E-state index in [0.717, 1.165) is 31.1 Å². The molecular formula is C17H27NO3. The molecule has 1 saturated heterocycles. The van der Waals surface area contributed by atoms with Gasteiger partial charge in [0.15, 0.2) is 0 Å². The summed E-state index contributed by atoms with van der Waals surface area (Å²) in [6.07, 6.45) is 0.810. The highest BCUT2D eigenvalue weighted by Gasteiger charge is 2.21. The van der Waals surface area contributed by atoms with Gasteiger partial charge in [0.05, 0.1) is 18.3 Å². The van der Waals surface area contributed by atoms with E-state index >= 15 is 0 Å². The van der Waals surface area contributed by atoms with Crippen LogP contribution in [0.4, 0.5) is 0 Å². The van der Waals surface area contributed by atoms with Crippen molar-refractivity contribution in [3.05, 3.63) is 24.3 Å². The summed E-state index contributed by atoms with van der Waals surface area (Å²) >= 11 is 0. The molecule has 0 amide bonds. The first-order chi connectivity index (χ1) is 10.0. The molecule has 118 valence electrons. The van der Waals surface area contributed by atoms with E-state index in [2.05, 4.69) is 18.7 Å². The van der Waals surface area contributed by atoms with Crippen LogP contribution < -0.4 is 9.47 Å². The molecule has 1 aliphatic rings. The zero-order valence-electron chi connectivity index (χ0n) is 13.5. The lowest BCUT2D eigenvalue weighted by atomic mass is 10.2. The highest BCUT2D eigenvalue weighted by atomic mass is 16.5. The van der Waals surface area contributed by atoms with Crippen molar-refractivity contribution in [2.45, 2.75) is 46.0 Å². The van der Waals surface area contributed by atoms with Gasteiger partial charge in [-0.1, -0.05) is 0 Å². The van der Waals surface area contributed by atoms with Gasteiger partial charge in [0, 0.05) is 19.6 Å². The second-order valence-electron chi connectivity index (χ2n) is 6.00. The van der Waals surface area contributed by atoms with Crippen LogP contribution in [0.15, 0.2) is 24.3 Å². The third-order valence-electron chi connectivity index (χ3n) is 3.37. The minimum Gasteiger partial charge on any atom is -0.492 e. The van der Waals surface area contributed by atoms with E-state index in [0.29, 0.717) is 18.8 Å². The lowest BCUT2D eigenvalue weighted by Gasteiger charge is -2.35. The Bertz CT molecular complexity index is 409. The van der Waals surface area contributed by atoms with Crippen molar-refractivity contribution < 1.29 is 14.2 Å². The molecule has 21 heavy (non-hydrogen) atoms. The summed E-state index contributed by atoms with van der Waals surface area (Å²) < 4.78 is 17.1. The molecule has 1 aliphatic heterocycles. The molecule has 0 aliphatic carbocycles. The zero-order valence-corrected chi connectivity index (χ0v) is 13.5. The first-order valence-corrected chi connectivity index (χ1v) is 7.80. The van der Waals surface area contributed by atoms with Gasteiger partial charge in [-0.2, -0.15) is 0 Å². The molecule has 4 nitrogen and oxygen atoms in total. The summed E-state index contributed by atoms with van der Waals surface area (Å²) in [4.78, 5) is 2.40. The second-order valence-corrected chi connectivity index (χ2v) is 6.00.